The monoisotopic (exact) mass is 356 g/mol. The van der Waals surface area contributed by atoms with E-state index >= 15 is 0 Å². The van der Waals surface area contributed by atoms with Crippen molar-refractivity contribution in [1.29, 1.82) is 0 Å². The molecule has 3 aromatic rings. The lowest BCUT2D eigenvalue weighted by molar-refractivity contribution is 0.432. The minimum atomic E-state index is 0.556. The summed E-state index contributed by atoms with van der Waals surface area (Å²) in [6, 6.07) is 16.2. The van der Waals surface area contributed by atoms with Gasteiger partial charge < -0.3 is 4.52 Å². The quantitative estimate of drug-likeness (QED) is 0.604. The van der Waals surface area contributed by atoms with Gasteiger partial charge in [0.2, 0.25) is 5.82 Å². The molecule has 1 aromatic heterocycles. The molecule has 0 spiro atoms. The first-order valence-electron chi connectivity index (χ1n) is 7.45. The second-order valence-electron chi connectivity index (χ2n) is 5.23. The summed E-state index contributed by atoms with van der Waals surface area (Å²) in [5.41, 5.74) is 3.24. The van der Waals surface area contributed by atoms with E-state index in [1.165, 1.54) is 18.4 Å². The maximum Gasteiger partial charge on any atom is 0.258 e. The summed E-state index contributed by atoms with van der Waals surface area (Å²) in [6.07, 6.45) is 3.54. The van der Waals surface area contributed by atoms with Gasteiger partial charge in [-0.1, -0.05) is 46.6 Å². The van der Waals surface area contributed by atoms with E-state index in [9.17, 15) is 0 Å². The summed E-state index contributed by atoms with van der Waals surface area (Å²) >= 11 is 3.42. The van der Waals surface area contributed by atoms with Crippen LogP contribution in [0.1, 0.15) is 25.3 Å². The van der Waals surface area contributed by atoms with Crippen molar-refractivity contribution in [2.75, 3.05) is 0 Å². The minimum Gasteiger partial charge on any atom is -0.334 e. The van der Waals surface area contributed by atoms with Crippen molar-refractivity contribution in [3.05, 3.63) is 58.6 Å². The fourth-order valence-electron chi connectivity index (χ4n) is 2.25. The van der Waals surface area contributed by atoms with Gasteiger partial charge in [-0.25, -0.2) is 0 Å². The molecule has 0 N–H and O–H groups in total. The van der Waals surface area contributed by atoms with Crippen LogP contribution in [0.4, 0.5) is 0 Å². The Labute approximate surface area is 138 Å². The molecule has 0 saturated carbocycles. The highest BCUT2D eigenvalue weighted by Crippen LogP contribution is 2.24. The molecule has 1 heterocycles. The zero-order chi connectivity index (χ0) is 15.4. The number of aryl methyl sites for hydroxylation is 1. The molecule has 0 aliphatic heterocycles. The van der Waals surface area contributed by atoms with Gasteiger partial charge in [-0.3, -0.25) is 0 Å². The van der Waals surface area contributed by atoms with E-state index < -0.39 is 0 Å². The molecule has 112 valence electrons. The summed E-state index contributed by atoms with van der Waals surface area (Å²) in [5.74, 6) is 1.16. The Morgan fingerprint density at radius 3 is 2.32 bits per heavy atom. The third-order valence-corrected chi connectivity index (χ3v) is 4.08. The highest BCUT2D eigenvalue weighted by molar-refractivity contribution is 9.10. The molecule has 22 heavy (non-hydrogen) atoms. The van der Waals surface area contributed by atoms with Crippen LogP contribution in [-0.4, -0.2) is 10.1 Å². The number of hydrogen-bond acceptors (Lipinski definition) is 3. The number of unbranched alkanes of at least 4 members (excludes halogenated alkanes) is 1. The number of nitrogens with zero attached hydrogens (tertiary/aromatic N) is 2. The number of hydrogen-bond donors (Lipinski definition) is 0. The third-order valence-electron chi connectivity index (χ3n) is 3.55. The first-order valence-corrected chi connectivity index (χ1v) is 8.24. The fourth-order valence-corrected chi connectivity index (χ4v) is 2.52. The molecule has 0 saturated heterocycles. The second kappa shape index (κ2) is 6.88. The van der Waals surface area contributed by atoms with Crippen molar-refractivity contribution in [2.24, 2.45) is 0 Å². The molecule has 0 amide bonds. The smallest absolute Gasteiger partial charge is 0.258 e. The molecule has 4 heteroatoms. The summed E-state index contributed by atoms with van der Waals surface area (Å²) < 4.78 is 6.41. The zero-order valence-electron chi connectivity index (χ0n) is 12.4. The highest BCUT2D eigenvalue weighted by atomic mass is 79.9. The van der Waals surface area contributed by atoms with Crippen LogP contribution in [0.3, 0.4) is 0 Å². The number of aromatic nitrogens is 2. The van der Waals surface area contributed by atoms with Crippen LogP contribution in [0.2, 0.25) is 0 Å². The first kappa shape index (κ1) is 15.0. The maximum absolute atomic E-state index is 5.38. The highest BCUT2D eigenvalue weighted by Gasteiger charge is 2.10. The molecule has 2 aromatic carbocycles. The van der Waals surface area contributed by atoms with Gasteiger partial charge in [-0.15, -0.1) is 0 Å². The Morgan fingerprint density at radius 2 is 1.64 bits per heavy atom. The van der Waals surface area contributed by atoms with Crippen LogP contribution in [0, 0.1) is 0 Å². The Balaban J connectivity index is 1.79. The number of rotatable bonds is 5. The van der Waals surface area contributed by atoms with E-state index in [0.717, 1.165) is 22.0 Å². The Kier molecular flexibility index (Phi) is 4.68. The summed E-state index contributed by atoms with van der Waals surface area (Å²) in [7, 11) is 0. The maximum atomic E-state index is 5.38. The molecular weight excluding hydrogens is 340 g/mol. The largest absolute Gasteiger partial charge is 0.334 e. The topological polar surface area (TPSA) is 38.9 Å². The van der Waals surface area contributed by atoms with Gasteiger partial charge in [0.05, 0.1) is 0 Å². The number of benzene rings is 2. The second-order valence-corrected chi connectivity index (χ2v) is 6.15. The molecule has 0 aliphatic carbocycles. The Morgan fingerprint density at radius 1 is 0.955 bits per heavy atom. The molecule has 0 unspecified atom stereocenters. The van der Waals surface area contributed by atoms with Crippen LogP contribution in [0.15, 0.2) is 57.5 Å². The van der Waals surface area contributed by atoms with Crippen molar-refractivity contribution < 1.29 is 4.52 Å². The molecule has 0 atom stereocenters. The normalized spacial score (nSPS) is 10.8. The van der Waals surface area contributed by atoms with Gasteiger partial charge in [-0.2, -0.15) is 4.98 Å². The van der Waals surface area contributed by atoms with Gasteiger partial charge >= 0.3 is 0 Å². The molecule has 0 fully saturated rings. The van der Waals surface area contributed by atoms with Crippen molar-refractivity contribution in [3.63, 3.8) is 0 Å². The van der Waals surface area contributed by atoms with E-state index in [1.54, 1.807) is 0 Å². The lowest BCUT2D eigenvalue weighted by Gasteiger charge is -2.00. The average molecular weight is 357 g/mol. The van der Waals surface area contributed by atoms with E-state index in [0.29, 0.717) is 11.7 Å². The van der Waals surface area contributed by atoms with Gasteiger partial charge in [0.25, 0.3) is 5.89 Å². The van der Waals surface area contributed by atoms with Crippen LogP contribution in [0.25, 0.3) is 22.8 Å². The molecule has 3 nitrogen and oxygen atoms in total. The van der Waals surface area contributed by atoms with Crippen LogP contribution < -0.4 is 0 Å². The van der Waals surface area contributed by atoms with Crippen molar-refractivity contribution in [2.45, 2.75) is 26.2 Å². The summed E-state index contributed by atoms with van der Waals surface area (Å²) in [4.78, 5) is 4.48. The van der Waals surface area contributed by atoms with Gasteiger partial charge in [0.1, 0.15) is 0 Å². The average Bonchev–Trinajstić information content (AvgIpc) is 3.04. The summed E-state index contributed by atoms with van der Waals surface area (Å²) in [5, 5.41) is 4.06. The molecule has 3 rings (SSSR count). The Hall–Kier alpha value is -1.94. The van der Waals surface area contributed by atoms with E-state index in [4.69, 9.17) is 4.52 Å². The van der Waals surface area contributed by atoms with Gasteiger partial charge in [-0.05, 0) is 54.8 Å². The van der Waals surface area contributed by atoms with Crippen molar-refractivity contribution in [1.82, 2.24) is 10.1 Å². The van der Waals surface area contributed by atoms with Crippen LogP contribution in [0.5, 0.6) is 0 Å². The molecule has 0 bridgehead atoms. The molecule has 0 radical (unpaired) electrons. The third kappa shape index (κ3) is 3.45. The fraction of sp³-hybridized carbons (Fsp3) is 0.222. The lowest BCUT2D eigenvalue weighted by atomic mass is 10.1. The SMILES string of the molecule is CCCCc1ccc(-c2nc(-c3ccc(Br)cc3)no2)cc1. The Bertz CT molecular complexity index is 733. The van der Waals surface area contributed by atoms with Crippen molar-refractivity contribution in [3.8, 4) is 22.8 Å². The van der Waals surface area contributed by atoms with E-state index in [2.05, 4.69) is 45.1 Å². The van der Waals surface area contributed by atoms with Crippen molar-refractivity contribution >= 4 is 15.9 Å². The molecular formula is C18H17BrN2O. The van der Waals surface area contributed by atoms with Crippen LogP contribution >= 0.6 is 15.9 Å². The van der Waals surface area contributed by atoms with E-state index in [-0.39, 0.29) is 0 Å². The summed E-state index contributed by atoms with van der Waals surface area (Å²) in [6.45, 7) is 2.20. The zero-order valence-corrected chi connectivity index (χ0v) is 14.0. The standard InChI is InChI=1S/C18H17BrN2O/c1-2-3-4-13-5-7-15(8-6-13)18-20-17(21-22-18)14-9-11-16(19)12-10-14/h5-12H,2-4H2,1H3. The van der Waals surface area contributed by atoms with Gasteiger partial charge in [0.15, 0.2) is 0 Å². The van der Waals surface area contributed by atoms with Crippen LogP contribution in [-0.2, 0) is 6.42 Å². The van der Waals surface area contributed by atoms with Gasteiger partial charge in [0, 0.05) is 15.6 Å². The first-order chi connectivity index (χ1) is 10.8. The minimum absolute atomic E-state index is 0.556. The number of halogens is 1. The predicted molar refractivity (Wildman–Crippen MR) is 91.5 cm³/mol. The van der Waals surface area contributed by atoms with E-state index in [1.807, 2.05) is 36.4 Å². The molecule has 0 aliphatic rings. The lowest BCUT2D eigenvalue weighted by Crippen LogP contribution is -1.85. The predicted octanol–water partition coefficient (Wildman–Crippen LogP) is 5.51.